The Balaban J connectivity index is 2.68. The van der Waals surface area contributed by atoms with Crippen molar-refractivity contribution in [3.8, 4) is 5.75 Å². The van der Waals surface area contributed by atoms with Gasteiger partial charge in [-0.2, -0.15) is 0 Å². The average Bonchev–Trinajstić information content (AvgIpc) is 2.28. The lowest BCUT2D eigenvalue weighted by Gasteiger charge is -2.16. The molecule has 1 rings (SSSR count). The number of aliphatic hydroxyl groups is 2. The highest BCUT2D eigenvalue weighted by molar-refractivity contribution is 5.67. The molecule has 5 heteroatoms. The van der Waals surface area contributed by atoms with E-state index in [1.54, 1.807) is 24.3 Å². The van der Waals surface area contributed by atoms with E-state index in [1.165, 1.54) is 0 Å². The summed E-state index contributed by atoms with van der Waals surface area (Å²) < 4.78 is 5.23. The number of carboxylic acids is 1. The third-order valence-electron chi connectivity index (χ3n) is 2.28. The van der Waals surface area contributed by atoms with Gasteiger partial charge in [0.15, 0.2) is 0 Å². The van der Waals surface area contributed by atoms with Crippen LogP contribution in [0.2, 0.25) is 0 Å². The summed E-state index contributed by atoms with van der Waals surface area (Å²) in [7, 11) is 0. The number of hydrogen-bond acceptors (Lipinski definition) is 4. The predicted octanol–water partition coefficient (Wildman–Crippen LogP) is 0.954. The van der Waals surface area contributed by atoms with Gasteiger partial charge in [-0.3, -0.25) is 4.79 Å². The van der Waals surface area contributed by atoms with E-state index in [4.69, 9.17) is 9.84 Å². The van der Waals surface area contributed by atoms with E-state index >= 15 is 0 Å². The van der Waals surface area contributed by atoms with Gasteiger partial charge < -0.3 is 20.1 Å². The van der Waals surface area contributed by atoms with E-state index in [2.05, 4.69) is 0 Å². The number of hydrogen-bond donors (Lipinski definition) is 3. The zero-order valence-corrected chi connectivity index (χ0v) is 9.54. The number of benzene rings is 1. The average molecular weight is 240 g/mol. The minimum absolute atomic E-state index is 0.460. The summed E-state index contributed by atoms with van der Waals surface area (Å²) in [6, 6.07) is 6.52. The van der Waals surface area contributed by atoms with Crippen LogP contribution in [0.3, 0.4) is 0 Å². The highest BCUT2D eigenvalue weighted by atomic mass is 16.5. The molecule has 0 spiro atoms. The van der Waals surface area contributed by atoms with Crippen molar-refractivity contribution in [3.63, 3.8) is 0 Å². The van der Waals surface area contributed by atoms with E-state index in [-0.39, 0.29) is 0 Å². The standard InChI is InChI=1S/C12H16O5/c1-2-17-9-5-3-8(4-6-9)12(16)10(13)7-11(14)15/h3-6,10,12-13,16H,2,7H2,1H3,(H,14,15). The smallest absolute Gasteiger partial charge is 0.306 e. The van der Waals surface area contributed by atoms with Gasteiger partial charge in [0.25, 0.3) is 0 Å². The SMILES string of the molecule is CCOc1ccc(C(O)C(O)CC(=O)O)cc1. The minimum Gasteiger partial charge on any atom is -0.494 e. The van der Waals surface area contributed by atoms with Crippen LogP contribution < -0.4 is 4.74 Å². The highest BCUT2D eigenvalue weighted by Gasteiger charge is 2.20. The molecule has 3 N–H and O–H groups in total. The first-order chi connectivity index (χ1) is 8.04. The van der Waals surface area contributed by atoms with Crippen molar-refractivity contribution < 1.29 is 24.9 Å². The molecule has 0 aliphatic heterocycles. The largest absolute Gasteiger partial charge is 0.494 e. The van der Waals surface area contributed by atoms with Crippen molar-refractivity contribution >= 4 is 5.97 Å². The van der Waals surface area contributed by atoms with E-state index < -0.39 is 24.6 Å². The van der Waals surface area contributed by atoms with Crippen LogP contribution in [0, 0.1) is 0 Å². The normalized spacial score (nSPS) is 14.1. The summed E-state index contributed by atoms with van der Waals surface area (Å²) in [5, 5.41) is 27.7. The zero-order valence-electron chi connectivity index (χ0n) is 9.54. The van der Waals surface area contributed by atoms with Crippen LogP contribution in [0.15, 0.2) is 24.3 Å². The Bertz CT molecular complexity index is 360. The van der Waals surface area contributed by atoms with E-state index in [0.717, 1.165) is 0 Å². The van der Waals surface area contributed by atoms with Crippen LogP contribution in [0.1, 0.15) is 25.0 Å². The molecule has 1 aromatic rings. The Morgan fingerprint density at radius 2 is 1.88 bits per heavy atom. The molecule has 0 aromatic heterocycles. The van der Waals surface area contributed by atoms with Crippen LogP contribution >= 0.6 is 0 Å². The molecule has 0 saturated carbocycles. The number of ether oxygens (including phenoxy) is 1. The number of carbonyl (C=O) groups is 1. The molecule has 0 bridgehead atoms. The Morgan fingerprint density at radius 1 is 1.29 bits per heavy atom. The fourth-order valence-electron chi connectivity index (χ4n) is 1.44. The maximum atomic E-state index is 10.4. The van der Waals surface area contributed by atoms with Gasteiger partial charge in [-0.15, -0.1) is 0 Å². The van der Waals surface area contributed by atoms with E-state index in [0.29, 0.717) is 17.9 Å². The van der Waals surface area contributed by atoms with Gasteiger partial charge in [0.1, 0.15) is 11.9 Å². The molecule has 0 radical (unpaired) electrons. The van der Waals surface area contributed by atoms with Crippen molar-refractivity contribution in [2.75, 3.05) is 6.61 Å². The third kappa shape index (κ3) is 4.05. The summed E-state index contributed by atoms with van der Waals surface area (Å²) in [5.74, 6) is -0.487. The molecule has 0 saturated heterocycles. The molecule has 0 aliphatic rings. The van der Waals surface area contributed by atoms with Gasteiger partial charge in [-0.1, -0.05) is 12.1 Å². The highest BCUT2D eigenvalue weighted by Crippen LogP contribution is 2.21. The van der Waals surface area contributed by atoms with Gasteiger partial charge >= 0.3 is 5.97 Å². The second-order valence-corrected chi connectivity index (χ2v) is 3.61. The Kier molecular flexibility index (Phi) is 4.93. The fourth-order valence-corrected chi connectivity index (χ4v) is 1.44. The molecular formula is C12H16O5. The van der Waals surface area contributed by atoms with Crippen LogP contribution in [0.5, 0.6) is 5.75 Å². The molecule has 5 nitrogen and oxygen atoms in total. The first kappa shape index (κ1) is 13.5. The number of rotatable bonds is 6. The predicted molar refractivity (Wildman–Crippen MR) is 60.8 cm³/mol. The number of aliphatic hydroxyl groups excluding tert-OH is 2. The molecule has 2 unspecified atom stereocenters. The van der Waals surface area contributed by atoms with Gasteiger partial charge in [0, 0.05) is 0 Å². The van der Waals surface area contributed by atoms with Crippen molar-refractivity contribution in [1.82, 2.24) is 0 Å². The first-order valence-corrected chi connectivity index (χ1v) is 5.35. The van der Waals surface area contributed by atoms with Crippen LogP contribution in [0.25, 0.3) is 0 Å². The quantitative estimate of drug-likeness (QED) is 0.689. The third-order valence-corrected chi connectivity index (χ3v) is 2.28. The van der Waals surface area contributed by atoms with E-state index in [1.807, 2.05) is 6.92 Å². The van der Waals surface area contributed by atoms with Gasteiger partial charge in [0.05, 0.1) is 19.1 Å². The topological polar surface area (TPSA) is 87.0 Å². The Labute approximate surface area is 99.3 Å². The molecule has 94 valence electrons. The summed E-state index contributed by atoms with van der Waals surface area (Å²) >= 11 is 0. The second kappa shape index (κ2) is 6.22. The summed E-state index contributed by atoms with van der Waals surface area (Å²) in [6.07, 6.45) is -3.01. The molecule has 1 aromatic carbocycles. The maximum Gasteiger partial charge on any atom is 0.306 e. The second-order valence-electron chi connectivity index (χ2n) is 3.61. The lowest BCUT2D eigenvalue weighted by atomic mass is 10.0. The number of aliphatic carboxylic acids is 1. The molecular weight excluding hydrogens is 224 g/mol. The first-order valence-electron chi connectivity index (χ1n) is 5.35. The lowest BCUT2D eigenvalue weighted by Crippen LogP contribution is -2.21. The summed E-state index contributed by atoms with van der Waals surface area (Å²) in [5.41, 5.74) is 0.460. The fraction of sp³-hybridized carbons (Fsp3) is 0.417. The van der Waals surface area contributed by atoms with Gasteiger partial charge in [-0.05, 0) is 24.6 Å². The maximum absolute atomic E-state index is 10.4. The van der Waals surface area contributed by atoms with Crippen LogP contribution in [-0.4, -0.2) is 34.0 Å². The van der Waals surface area contributed by atoms with E-state index in [9.17, 15) is 15.0 Å². The molecule has 0 amide bonds. The van der Waals surface area contributed by atoms with Gasteiger partial charge in [-0.25, -0.2) is 0 Å². The monoisotopic (exact) mass is 240 g/mol. The molecule has 17 heavy (non-hydrogen) atoms. The van der Waals surface area contributed by atoms with Crippen LogP contribution in [0.4, 0.5) is 0 Å². The Morgan fingerprint density at radius 3 is 2.35 bits per heavy atom. The van der Waals surface area contributed by atoms with Gasteiger partial charge in [0.2, 0.25) is 0 Å². The summed E-state index contributed by atoms with van der Waals surface area (Å²) in [6.45, 7) is 2.41. The molecule has 2 atom stereocenters. The Hall–Kier alpha value is -1.59. The number of carboxylic acid groups (broad SMARTS) is 1. The van der Waals surface area contributed by atoms with Crippen molar-refractivity contribution in [1.29, 1.82) is 0 Å². The molecule has 0 heterocycles. The van der Waals surface area contributed by atoms with Crippen LogP contribution in [-0.2, 0) is 4.79 Å². The molecule has 0 fully saturated rings. The van der Waals surface area contributed by atoms with Crippen molar-refractivity contribution in [2.45, 2.75) is 25.6 Å². The summed E-state index contributed by atoms with van der Waals surface area (Å²) in [4.78, 5) is 10.4. The van der Waals surface area contributed by atoms with Crippen molar-refractivity contribution in [3.05, 3.63) is 29.8 Å². The lowest BCUT2D eigenvalue weighted by molar-refractivity contribution is -0.141. The van der Waals surface area contributed by atoms with Crippen molar-refractivity contribution in [2.24, 2.45) is 0 Å². The minimum atomic E-state index is -1.31. The zero-order chi connectivity index (χ0) is 12.8. The molecule has 0 aliphatic carbocycles.